The van der Waals surface area contributed by atoms with E-state index < -0.39 is 21.9 Å². The second kappa shape index (κ2) is 9.30. The number of methoxy groups -OCH3 is 1. The Labute approximate surface area is 198 Å². The molecule has 7 nitrogen and oxygen atoms in total. The van der Waals surface area contributed by atoms with Crippen molar-refractivity contribution in [2.75, 3.05) is 25.5 Å². The highest BCUT2D eigenvalue weighted by molar-refractivity contribution is 9.10. The molecule has 1 aromatic heterocycles. The largest absolute Gasteiger partial charge is 0.465 e. The van der Waals surface area contributed by atoms with Gasteiger partial charge >= 0.3 is 5.97 Å². The highest BCUT2D eigenvalue weighted by Crippen LogP contribution is 2.30. The van der Waals surface area contributed by atoms with Gasteiger partial charge in [-0.1, -0.05) is 15.9 Å². The van der Waals surface area contributed by atoms with Crippen molar-refractivity contribution >= 4 is 64.9 Å². The number of thiophene rings is 1. The summed E-state index contributed by atoms with van der Waals surface area (Å²) >= 11 is 4.64. The Morgan fingerprint density at radius 2 is 1.91 bits per heavy atom. The summed E-state index contributed by atoms with van der Waals surface area (Å²) in [6.07, 6.45) is 1.23. The molecular weight excluding hydrogens is 516 g/mol. The van der Waals surface area contributed by atoms with Crippen molar-refractivity contribution in [2.24, 2.45) is 5.92 Å². The molecule has 2 aromatic carbocycles. The molecule has 0 saturated carbocycles. The van der Waals surface area contributed by atoms with Gasteiger partial charge in [0.2, 0.25) is 15.9 Å². The van der Waals surface area contributed by atoms with Gasteiger partial charge in [0.05, 0.1) is 17.9 Å². The number of hydrogen-bond donors (Lipinski definition) is 1. The predicted molar refractivity (Wildman–Crippen MR) is 127 cm³/mol. The van der Waals surface area contributed by atoms with Gasteiger partial charge in [-0.15, -0.1) is 11.3 Å². The molecule has 3 aromatic rings. The van der Waals surface area contributed by atoms with Gasteiger partial charge in [0.15, 0.2) is 0 Å². The Balaban J connectivity index is 1.47. The van der Waals surface area contributed by atoms with E-state index in [9.17, 15) is 18.0 Å². The Hall–Kier alpha value is -2.27. The van der Waals surface area contributed by atoms with Crippen LogP contribution < -0.4 is 5.32 Å². The first-order valence-electron chi connectivity index (χ1n) is 9.96. The Morgan fingerprint density at radius 1 is 1.16 bits per heavy atom. The maximum atomic E-state index is 13.0. The smallest absolute Gasteiger partial charge is 0.348 e. The maximum Gasteiger partial charge on any atom is 0.348 e. The van der Waals surface area contributed by atoms with E-state index in [1.54, 1.807) is 42.5 Å². The summed E-state index contributed by atoms with van der Waals surface area (Å²) in [6.45, 7) is 0.525. The lowest BCUT2D eigenvalue weighted by Crippen LogP contribution is -2.43. The highest BCUT2D eigenvalue weighted by atomic mass is 79.9. The van der Waals surface area contributed by atoms with Crippen molar-refractivity contribution in [3.8, 4) is 0 Å². The number of esters is 1. The number of ether oxygens (including phenoxy) is 1. The van der Waals surface area contributed by atoms with Crippen LogP contribution in [0.25, 0.3) is 10.1 Å². The van der Waals surface area contributed by atoms with Crippen LogP contribution in [0.3, 0.4) is 0 Å². The standard InChI is InChI=1S/C22H21BrN2O5S2/c1-30-22(27)20-12-15-11-17(6-9-19(15)31-20)24-21(26)14-3-2-10-25(13-14)32(28,29)18-7-4-16(23)5-8-18/h4-9,11-12,14H,2-3,10,13H2,1H3,(H,24,26)/t14-/m0/s1. The molecule has 1 saturated heterocycles. The second-order valence-electron chi connectivity index (χ2n) is 7.50. The maximum absolute atomic E-state index is 13.0. The van der Waals surface area contributed by atoms with Gasteiger partial charge in [-0.05, 0) is 66.8 Å². The van der Waals surface area contributed by atoms with Crippen LogP contribution in [0.5, 0.6) is 0 Å². The van der Waals surface area contributed by atoms with E-state index >= 15 is 0 Å². The zero-order valence-corrected chi connectivity index (χ0v) is 20.4. The molecule has 0 spiro atoms. The topological polar surface area (TPSA) is 92.8 Å². The summed E-state index contributed by atoms with van der Waals surface area (Å²) in [7, 11) is -2.33. The van der Waals surface area contributed by atoms with E-state index in [1.807, 2.05) is 6.07 Å². The lowest BCUT2D eigenvalue weighted by Gasteiger charge is -2.31. The first-order valence-corrected chi connectivity index (χ1v) is 13.0. The van der Waals surface area contributed by atoms with Crippen LogP contribution in [0.1, 0.15) is 22.5 Å². The zero-order chi connectivity index (χ0) is 22.9. The molecule has 1 aliphatic heterocycles. The van der Waals surface area contributed by atoms with Gasteiger partial charge < -0.3 is 10.1 Å². The van der Waals surface area contributed by atoms with Gasteiger partial charge in [0.25, 0.3) is 0 Å². The summed E-state index contributed by atoms with van der Waals surface area (Å²) < 4.78 is 33.8. The minimum Gasteiger partial charge on any atom is -0.465 e. The molecule has 32 heavy (non-hydrogen) atoms. The van der Waals surface area contributed by atoms with Crippen molar-refractivity contribution in [2.45, 2.75) is 17.7 Å². The van der Waals surface area contributed by atoms with Crippen molar-refractivity contribution in [3.05, 3.63) is 57.9 Å². The monoisotopic (exact) mass is 536 g/mol. The van der Waals surface area contributed by atoms with Crippen molar-refractivity contribution in [3.63, 3.8) is 0 Å². The summed E-state index contributed by atoms with van der Waals surface area (Å²) in [5.74, 6) is -1.06. The number of benzene rings is 2. The Bertz CT molecular complexity index is 1270. The molecule has 1 atom stereocenters. The molecular formula is C22H21BrN2O5S2. The third kappa shape index (κ3) is 4.73. The minimum atomic E-state index is -3.66. The molecule has 0 unspecified atom stereocenters. The Morgan fingerprint density at radius 3 is 2.62 bits per heavy atom. The number of fused-ring (bicyclic) bond motifs is 1. The molecule has 1 fully saturated rings. The summed E-state index contributed by atoms with van der Waals surface area (Å²) in [5, 5.41) is 3.73. The third-order valence-electron chi connectivity index (χ3n) is 5.38. The van der Waals surface area contributed by atoms with Gasteiger partial charge in [-0.25, -0.2) is 13.2 Å². The van der Waals surface area contributed by atoms with Crippen LogP contribution in [-0.2, 0) is 19.6 Å². The number of carbonyl (C=O) groups excluding carboxylic acids is 2. The van der Waals surface area contributed by atoms with Gasteiger partial charge in [0, 0.05) is 27.9 Å². The molecule has 4 rings (SSSR count). The van der Waals surface area contributed by atoms with Gasteiger partial charge in [-0.2, -0.15) is 4.31 Å². The molecule has 1 amide bonds. The van der Waals surface area contributed by atoms with Crippen molar-refractivity contribution in [1.82, 2.24) is 4.31 Å². The highest BCUT2D eigenvalue weighted by Gasteiger charge is 2.33. The molecule has 10 heteroatoms. The molecule has 0 aliphatic carbocycles. The molecule has 1 N–H and O–H groups in total. The van der Waals surface area contributed by atoms with E-state index in [2.05, 4.69) is 21.2 Å². The lowest BCUT2D eigenvalue weighted by molar-refractivity contribution is -0.120. The Kier molecular flexibility index (Phi) is 6.66. The second-order valence-corrected chi connectivity index (χ2v) is 11.4. The van der Waals surface area contributed by atoms with Crippen LogP contribution in [0.15, 0.2) is 57.9 Å². The van der Waals surface area contributed by atoms with Crippen LogP contribution in [0.2, 0.25) is 0 Å². The number of nitrogens with one attached hydrogen (secondary N) is 1. The molecule has 2 heterocycles. The van der Waals surface area contributed by atoms with Crippen LogP contribution in [0, 0.1) is 5.92 Å². The SMILES string of the molecule is COC(=O)c1cc2cc(NC(=O)[C@H]3CCCN(S(=O)(=O)c4ccc(Br)cc4)C3)ccc2s1. The summed E-state index contributed by atoms with van der Waals surface area (Å²) in [6, 6.07) is 13.6. The first-order chi connectivity index (χ1) is 15.3. The van der Waals surface area contributed by atoms with Crippen LogP contribution in [0.4, 0.5) is 5.69 Å². The van der Waals surface area contributed by atoms with E-state index in [1.165, 1.54) is 22.8 Å². The first kappa shape index (κ1) is 22.9. The molecule has 0 radical (unpaired) electrons. The third-order valence-corrected chi connectivity index (χ3v) is 8.88. The fraction of sp³-hybridized carbons (Fsp3) is 0.273. The van der Waals surface area contributed by atoms with Crippen molar-refractivity contribution < 1.29 is 22.7 Å². The number of rotatable bonds is 5. The quantitative estimate of drug-likeness (QED) is 0.485. The number of amides is 1. The molecule has 0 bridgehead atoms. The average molecular weight is 537 g/mol. The van der Waals surface area contributed by atoms with Gasteiger partial charge in [-0.3, -0.25) is 4.79 Å². The van der Waals surface area contributed by atoms with E-state index in [0.717, 1.165) is 14.6 Å². The number of carbonyl (C=O) groups is 2. The van der Waals surface area contributed by atoms with Gasteiger partial charge in [0.1, 0.15) is 4.88 Å². The fourth-order valence-corrected chi connectivity index (χ4v) is 6.45. The summed E-state index contributed by atoms with van der Waals surface area (Å²) in [4.78, 5) is 25.4. The summed E-state index contributed by atoms with van der Waals surface area (Å²) in [5.41, 5.74) is 0.601. The zero-order valence-electron chi connectivity index (χ0n) is 17.2. The number of sulfonamides is 1. The van der Waals surface area contributed by atoms with Crippen LogP contribution in [-0.4, -0.2) is 44.8 Å². The van der Waals surface area contributed by atoms with E-state index in [-0.39, 0.29) is 17.3 Å². The van der Waals surface area contributed by atoms with Crippen LogP contribution >= 0.6 is 27.3 Å². The number of halogens is 1. The minimum absolute atomic E-state index is 0.136. The lowest BCUT2D eigenvalue weighted by atomic mass is 9.98. The normalized spacial score (nSPS) is 17.2. The number of nitrogens with zero attached hydrogens (tertiary/aromatic N) is 1. The number of anilines is 1. The fourth-order valence-electron chi connectivity index (χ4n) is 3.70. The van der Waals surface area contributed by atoms with Crippen molar-refractivity contribution in [1.29, 1.82) is 0 Å². The average Bonchev–Trinajstić information content (AvgIpc) is 3.22. The molecule has 1 aliphatic rings. The number of hydrogen-bond acceptors (Lipinski definition) is 6. The van der Waals surface area contributed by atoms with E-state index in [4.69, 9.17) is 4.74 Å². The van der Waals surface area contributed by atoms with E-state index in [0.29, 0.717) is 30.0 Å². The molecule has 168 valence electrons. The number of piperidine rings is 1. The predicted octanol–water partition coefficient (Wildman–Crippen LogP) is 4.49.